The number of nitrogens with one attached hydrogen (secondary N) is 3. The van der Waals surface area contributed by atoms with E-state index in [1.165, 1.54) is 19.2 Å². The predicted octanol–water partition coefficient (Wildman–Crippen LogP) is 0.357. The van der Waals surface area contributed by atoms with Crippen molar-refractivity contribution >= 4 is 15.9 Å². The van der Waals surface area contributed by atoms with Crippen LogP contribution in [0.15, 0.2) is 29.2 Å². The molecular weight excluding hydrogens is 370 g/mol. The molecule has 0 spiro atoms. The molecule has 1 fully saturated rings. The maximum atomic E-state index is 12.6. The van der Waals surface area contributed by atoms with Crippen LogP contribution in [0.1, 0.15) is 23.2 Å². The van der Waals surface area contributed by atoms with Gasteiger partial charge in [0.05, 0.1) is 18.1 Å². The number of carbonyl (C=O) groups excluding carboxylic acids is 1. The Bertz CT molecular complexity index is 712. The zero-order valence-electron chi connectivity index (χ0n) is 15.9. The molecule has 1 saturated heterocycles. The highest BCUT2D eigenvalue weighted by Gasteiger charge is 2.32. The summed E-state index contributed by atoms with van der Waals surface area (Å²) in [5, 5.41) is 6.25. The Hall–Kier alpha value is -1.52. The summed E-state index contributed by atoms with van der Waals surface area (Å²) in [5.41, 5.74) is 0.215. The molecule has 0 aromatic heterocycles. The van der Waals surface area contributed by atoms with Crippen molar-refractivity contribution in [2.45, 2.75) is 17.7 Å². The van der Waals surface area contributed by atoms with Gasteiger partial charge in [-0.25, -0.2) is 13.1 Å². The molecule has 0 atom stereocenters. The fourth-order valence-corrected chi connectivity index (χ4v) is 4.23. The van der Waals surface area contributed by atoms with E-state index in [4.69, 9.17) is 9.47 Å². The van der Waals surface area contributed by atoms with Crippen LogP contribution in [0, 0.1) is 5.41 Å². The molecule has 0 aliphatic carbocycles. The number of methoxy groups -OCH3 is 2. The number of benzene rings is 1. The monoisotopic (exact) mass is 399 g/mol. The Kier molecular flexibility index (Phi) is 8.18. The lowest BCUT2D eigenvalue weighted by Gasteiger charge is -2.37. The van der Waals surface area contributed by atoms with Crippen LogP contribution < -0.4 is 15.4 Å². The lowest BCUT2D eigenvalue weighted by atomic mass is 9.79. The van der Waals surface area contributed by atoms with E-state index in [0.717, 1.165) is 25.9 Å². The summed E-state index contributed by atoms with van der Waals surface area (Å²) in [6, 6.07) is 6.02. The van der Waals surface area contributed by atoms with Gasteiger partial charge in [-0.2, -0.15) is 0 Å². The van der Waals surface area contributed by atoms with E-state index >= 15 is 0 Å². The number of sulfonamides is 1. The van der Waals surface area contributed by atoms with Gasteiger partial charge in [-0.1, -0.05) is 6.07 Å². The molecule has 1 amide bonds. The lowest BCUT2D eigenvalue weighted by molar-refractivity contribution is 0.0511. The molecule has 2 rings (SSSR count). The van der Waals surface area contributed by atoms with E-state index in [-0.39, 0.29) is 29.4 Å². The van der Waals surface area contributed by atoms with Crippen LogP contribution in [0.2, 0.25) is 0 Å². The quantitative estimate of drug-likeness (QED) is 0.491. The fraction of sp³-hybridized carbons (Fsp3) is 0.611. The Labute approximate surface area is 161 Å². The van der Waals surface area contributed by atoms with Crippen LogP contribution in [0.4, 0.5) is 0 Å². The summed E-state index contributed by atoms with van der Waals surface area (Å²) in [6.07, 6.45) is 1.83. The third-order valence-corrected chi connectivity index (χ3v) is 6.20. The molecule has 0 unspecified atom stereocenters. The smallest absolute Gasteiger partial charge is 0.251 e. The number of piperidine rings is 1. The first-order chi connectivity index (χ1) is 12.9. The van der Waals surface area contributed by atoms with E-state index < -0.39 is 10.0 Å². The maximum absolute atomic E-state index is 12.6. The van der Waals surface area contributed by atoms with Crippen molar-refractivity contribution in [3.05, 3.63) is 29.8 Å². The van der Waals surface area contributed by atoms with Crippen LogP contribution in [-0.2, 0) is 19.5 Å². The molecule has 1 aromatic rings. The Morgan fingerprint density at radius 1 is 1.22 bits per heavy atom. The second kappa shape index (κ2) is 10.1. The average Bonchev–Trinajstić information content (AvgIpc) is 2.67. The third-order valence-electron chi connectivity index (χ3n) is 4.74. The number of hydrogen-bond donors (Lipinski definition) is 3. The first kappa shape index (κ1) is 21.8. The molecular formula is C18H29N3O5S. The molecule has 1 heterocycles. The molecule has 9 heteroatoms. The summed E-state index contributed by atoms with van der Waals surface area (Å²) < 4.78 is 37.2. The number of amides is 1. The van der Waals surface area contributed by atoms with Crippen LogP contribution in [0.25, 0.3) is 0 Å². The molecule has 0 bridgehead atoms. The van der Waals surface area contributed by atoms with Crippen LogP contribution in [0.3, 0.4) is 0 Å². The molecule has 3 N–H and O–H groups in total. The van der Waals surface area contributed by atoms with Gasteiger partial charge in [-0.3, -0.25) is 4.79 Å². The molecule has 0 saturated carbocycles. The lowest BCUT2D eigenvalue weighted by Crippen LogP contribution is -2.47. The van der Waals surface area contributed by atoms with E-state index in [2.05, 4.69) is 15.4 Å². The SMILES string of the molecule is COCCNS(=O)(=O)c1cccc(C(=O)NCC2(COC)CCNCC2)c1. The van der Waals surface area contributed by atoms with Gasteiger partial charge in [0.1, 0.15) is 0 Å². The van der Waals surface area contributed by atoms with Crippen molar-refractivity contribution in [2.24, 2.45) is 5.41 Å². The van der Waals surface area contributed by atoms with Gasteiger partial charge < -0.3 is 20.1 Å². The van der Waals surface area contributed by atoms with Gasteiger partial charge in [0.2, 0.25) is 10.0 Å². The van der Waals surface area contributed by atoms with Crippen molar-refractivity contribution in [3.63, 3.8) is 0 Å². The van der Waals surface area contributed by atoms with E-state index in [9.17, 15) is 13.2 Å². The van der Waals surface area contributed by atoms with Crippen molar-refractivity contribution in [1.82, 2.24) is 15.4 Å². The first-order valence-electron chi connectivity index (χ1n) is 8.99. The van der Waals surface area contributed by atoms with Crippen LogP contribution >= 0.6 is 0 Å². The average molecular weight is 400 g/mol. The van der Waals surface area contributed by atoms with E-state index in [1.54, 1.807) is 19.2 Å². The highest BCUT2D eigenvalue weighted by molar-refractivity contribution is 7.89. The van der Waals surface area contributed by atoms with Gasteiger partial charge in [0, 0.05) is 38.3 Å². The summed E-state index contributed by atoms with van der Waals surface area (Å²) >= 11 is 0. The zero-order chi connectivity index (χ0) is 19.8. The zero-order valence-corrected chi connectivity index (χ0v) is 16.7. The molecule has 152 valence electrons. The minimum atomic E-state index is -3.68. The van der Waals surface area contributed by atoms with Gasteiger partial charge in [0.25, 0.3) is 5.91 Å². The van der Waals surface area contributed by atoms with Gasteiger partial charge >= 0.3 is 0 Å². The van der Waals surface area contributed by atoms with Crippen molar-refractivity contribution in [1.29, 1.82) is 0 Å². The first-order valence-corrected chi connectivity index (χ1v) is 10.5. The normalized spacial score (nSPS) is 16.8. The largest absolute Gasteiger partial charge is 0.384 e. The standard InChI is InChI=1S/C18H29N3O5S/c1-25-11-10-21-27(23,24)16-5-3-4-15(12-16)17(22)20-13-18(14-26-2)6-8-19-9-7-18/h3-5,12,19,21H,6-11,13-14H2,1-2H3,(H,20,22). The molecule has 8 nitrogen and oxygen atoms in total. The summed E-state index contributed by atoms with van der Waals surface area (Å²) in [6.45, 7) is 3.29. The second-order valence-corrected chi connectivity index (χ2v) is 8.55. The van der Waals surface area contributed by atoms with Crippen molar-refractivity contribution in [3.8, 4) is 0 Å². The molecule has 0 radical (unpaired) electrons. The minimum absolute atomic E-state index is 0.0553. The van der Waals surface area contributed by atoms with Crippen molar-refractivity contribution in [2.75, 3.05) is 53.6 Å². The minimum Gasteiger partial charge on any atom is -0.384 e. The Morgan fingerprint density at radius 3 is 2.63 bits per heavy atom. The predicted molar refractivity (Wildman–Crippen MR) is 102 cm³/mol. The molecule has 1 aromatic carbocycles. The van der Waals surface area contributed by atoms with E-state index in [0.29, 0.717) is 18.7 Å². The van der Waals surface area contributed by atoms with Gasteiger partial charge in [-0.15, -0.1) is 0 Å². The third kappa shape index (κ3) is 6.25. The molecule has 1 aliphatic rings. The Morgan fingerprint density at radius 2 is 1.96 bits per heavy atom. The summed E-state index contributed by atoms with van der Waals surface area (Å²) in [4.78, 5) is 12.6. The van der Waals surface area contributed by atoms with Gasteiger partial charge in [-0.05, 0) is 44.1 Å². The van der Waals surface area contributed by atoms with E-state index in [1.807, 2.05) is 0 Å². The molecule has 27 heavy (non-hydrogen) atoms. The topological polar surface area (TPSA) is 106 Å². The number of carbonyl (C=O) groups is 1. The number of ether oxygens (including phenoxy) is 2. The highest BCUT2D eigenvalue weighted by atomic mass is 32.2. The second-order valence-electron chi connectivity index (χ2n) is 6.78. The highest BCUT2D eigenvalue weighted by Crippen LogP contribution is 2.28. The van der Waals surface area contributed by atoms with Gasteiger partial charge in [0.15, 0.2) is 0 Å². The van der Waals surface area contributed by atoms with Crippen LogP contribution in [-0.4, -0.2) is 67.9 Å². The fourth-order valence-electron chi connectivity index (χ4n) is 3.17. The summed E-state index contributed by atoms with van der Waals surface area (Å²) in [7, 11) is -0.522. The Balaban J connectivity index is 2.04. The number of rotatable bonds is 10. The van der Waals surface area contributed by atoms with Crippen LogP contribution in [0.5, 0.6) is 0 Å². The van der Waals surface area contributed by atoms with Crippen molar-refractivity contribution < 1.29 is 22.7 Å². The maximum Gasteiger partial charge on any atom is 0.251 e. The molecule has 1 aliphatic heterocycles. The number of hydrogen-bond acceptors (Lipinski definition) is 6. The summed E-state index contributed by atoms with van der Waals surface area (Å²) in [5.74, 6) is -0.294.